The van der Waals surface area contributed by atoms with Gasteiger partial charge in [0.25, 0.3) is 0 Å². The average Bonchev–Trinajstić information content (AvgIpc) is 2.30. The molecule has 0 radical (unpaired) electrons. The number of aliphatic hydroxyl groups is 1. The fourth-order valence-corrected chi connectivity index (χ4v) is 3.07. The van der Waals surface area contributed by atoms with Crippen LogP contribution in [0.4, 0.5) is 10.1 Å². The van der Waals surface area contributed by atoms with E-state index in [0.29, 0.717) is 0 Å². The van der Waals surface area contributed by atoms with Gasteiger partial charge in [-0.05, 0) is 28.9 Å². The van der Waals surface area contributed by atoms with Gasteiger partial charge in [0.05, 0.1) is 21.8 Å². The number of hydrogen-bond acceptors (Lipinski definition) is 4. The van der Waals surface area contributed by atoms with Crippen LogP contribution >= 0.6 is 27.5 Å². The van der Waals surface area contributed by atoms with Crippen LogP contribution in [-0.4, -0.2) is 26.2 Å². The summed E-state index contributed by atoms with van der Waals surface area (Å²) in [6, 6.07) is 0.196. The Bertz CT molecular complexity index is 567. The summed E-state index contributed by atoms with van der Waals surface area (Å²) in [6.07, 6.45) is 0. The maximum atomic E-state index is 13.8. The molecular formula is C9H11BrClFN2O3S. The van der Waals surface area contributed by atoms with E-state index < -0.39 is 33.4 Å². The van der Waals surface area contributed by atoms with Crippen LogP contribution < -0.4 is 10.5 Å². The van der Waals surface area contributed by atoms with Crippen molar-refractivity contribution in [3.05, 3.63) is 21.4 Å². The van der Waals surface area contributed by atoms with Crippen LogP contribution in [0.2, 0.25) is 5.02 Å². The SMILES string of the molecule is CC(CO)NS(=O)(=O)c1cc(Cl)c(Br)c(N)c1F. The average molecular weight is 362 g/mol. The summed E-state index contributed by atoms with van der Waals surface area (Å²) in [5.41, 5.74) is 5.01. The number of nitrogen functional groups attached to an aromatic ring is 1. The molecule has 5 nitrogen and oxygen atoms in total. The Labute approximate surface area is 117 Å². The standard InChI is InChI=1S/C9H11BrClFN2O3S/c1-4(3-15)14-18(16,17)6-2-5(11)7(10)9(13)8(6)12/h2,4,14-15H,3,13H2,1H3. The highest BCUT2D eigenvalue weighted by atomic mass is 79.9. The van der Waals surface area contributed by atoms with E-state index in [2.05, 4.69) is 20.7 Å². The molecule has 102 valence electrons. The van der Waals surface area contributed by atoms with Crippen molar-refractivity contribution in [3.8, 4) is 0 Å². The van der Waals surface area contributed by atoms with E-state index in [9.17, 15) is 12.8 Å². The summed E-state index contributed by atoms with van der Waals surface area (Å²) >= 11 is 8.68. The van der Waals surface area contributed by atoms with E-state index in [0.717, 1.165) is 6.07 Å². The van der Waals surface area contributed by atoms with Crippen molar-refractivity contribution in [2.45, 2.75) is 17.9 Å². The van der Waals surface area contributed by atoms with Gasteiger partial charge < -0.3 is 10.8 Å². The van der Waals surface area contributed by atoms with Gasteiger partial charge in [-0.1, -0.05) is 11.6 Å². The first kappa shape index (κ1) is 15.6. The fourth-order valence-electron chi connectivity index (χ4n) is 1.16. The normalized spacial score (nSPS) is 13.6. The van der Waals surface area contributed by atoms with Crippen LogP contribution in [-0.2, 0) is 10.0 Å². The quantitative estimate of drug-likeness (QED) is 0.559. The molecule has 0 aromatic heterocycles. The van der Waals surface area contributed by atoms with Crippen molar-refractivity contribution in [1.29, 1.82) is 0 Å². The minimum atomic E-state index is -4.13. The van der Waals surface area contributed by atoms with E-state index in [4.69, 9.17) is 22.4 Å². The molecule has 0 spiro atoms. The van der Waals surface area contributed by atoms with Gasteiger partial charge in [-0.25, -0.2) is 17.5 Å². The monoisotopic (exact) mass is 360 g/mol. The number of nitrogens with two attached hydrogens (primary N) is 1. The molecular weight excluding hydrogens is 351 g/mol. The summed E-state index contributed by atoms with van der Waals surface area (Å²) in [5, 5.41) is 8.77. The lowest BCUT2D eigenvalue weighted by molar-refractivity contribution is 0.265. The number of hydrogen-bond donors (Lipinski definition) is 3. The molecule has 0 aliphatic heterocycles. The third-order valence-corrected chi connectivity index (χ3v) is 5.05. The first-order chi connectivity index (χ1) is 8.20. The molecule has 1 unspecified atom stereocenters. The third kappa shape index (κ3) is 3.12. The molecule has 1 aromatic rings. The first-order valence-corrected chi connectivity index (χ1v) is 7.42. The van der Waals surface area contributed by atoms with E-state index in [1.54, 1.807) is 0 Å². The Morgan fingerprint density at radius 1 is 1.67 bits per heavy atom. The predicted molar refractivity (Wildman–Crippen MR) is 70.4 cm³/mol. The van der Waals surface area contributed by atoms with Crippen LogP contribution in [0.5, 0.6) is 0 Å². The van der Waals surface area contributed by atoms with Gasteiger partial charge in [-0.15, -0.1) is 0 Å². The highest BCUT2D eigenvalue weighted by Gasteiger charge is 2.25. The molecule has 4 N–H and O–H groups in total. The molecule has 0 aliphatic rings. The van der Waals surface area contributed by atoms with Crippen LogP contribution in [0.25, 0.3) is 0 Å². The van der Waals surface area contributed by atoms with Crippen LogP contribution in [0.1, 0.15) is 6.92 Å². The number of sulfonamides is 1. The molecule has 0 saturated heterocycles. The molecule has 0 heterocycles. The number of halogens is 3. The van der Waals surface area contributed by atoms with Crippen molar-refractivity contribution in [3.63, 3.8) is 0 Å². The minimum Gasteiger partial charge on any atom is -0.395 e. The van der Waals surface area contributed by atoms with Gasteiger partial charge in [-0.2, -0.15) is 0 Å². The largest absolute Gasteiger partial charge is 0.395 e. The molecule has 1 aromatic carbocycles. The van der Waals surface area contributed by atoms with Gasteiger partial charge in [0.1, 0.15) is 4.90 Å². The highest BCUT2D eigenvalue weighted by Crippen LogP contribution is 2.34. The zero-order chi connectivity index (χ0) is 14.1. The van der Waals surface area contributed by atoms with Crippen molar-refractivity contribution < 1.29 is 17.9 Å². The minimum absolute atomic E-state index is 0.0223. The van der Waals surface area contributed by atoms with Crippen LogP contribution in [0, 0.1) is 5.82 Å². The zero-order valence-corrected chi connectivity index (χ0v) is 12.4. The number of nitrogens with one attached hydrogen (secondary N) is 1. The Hall–Kier alpha value is -0.410. The Morgan fingerprint density at radius 3 is 2.72 bits per heavy atom. The lowest BCUT2D eigenvalue weighted by Crippen LogP contribution is -2.35. The molecule has 18 heavy (non-hydrogen) atoms. The molecule has 0 amide bonds. The zero-order valence-electron chi connectivity index (χ0n) is 9.25. The molecule has 0 saturated carbocycles. The Kier molecular flexibility index (Phi) is 4.96. The van der Waals surface area contributed by atoms with E-state index >= 15 is 0 Å². The van der Waals surface area contributed by atoms with Crippen LogP contribution in [0.3, 0.4) is 0 Å². The third-order valence-electron chi connectivity index (χ3n) is 2.08. The van der Waals surface area contributed by atoms with Gasteiger partial charge in [0, 0.05) is 6.04 Å². The van der Waals surface area contributed by atoms with Crippen molar-refractivity contribution in [1.82, 2.24) is 4.72 Å². The second-order valence-electron chi connectivity index (χ2n) is 3.60. The second kappa shape index (κ2) is 5.70. The van der Waals surface area contributed by atoms with Crippen molar-refractivity contribution in [2.75, 3.05) is 12.3 Å². The number of aliphatic hydroxyl groups excluding tert-OH is 1. The topological polar surface area (TPSA) is 92.4 Å². The lowest BCUT2D eigenvalue weighted by Gasteiger charge is -2.14. The molecule has 0 bridgehead atoms. The van der Waals surface area contributed by atoms with Gasteiger partial charge >= 0.3 is 0 Å². The van der Waals surface area contributed by atoms with Gasteiger partial charge in [0.15, 0.2) is 5.82 Å². The molecule has 9 heteroatoms. The van der Waals surface area contributed by atoms with E-state index in [1.165, 1.54) is 6.92 Å². The second-order valence-corrected chi connectivity index (χ2v) is 6.49. The molecule has 1 atom stereocenters. The molecule has 0 fully saturated rings. The fraction of sp³-hybridized carbons (Fsp3) is 0.333. The van der Waals surface area contributed by atoms with E-state index in [-0.39, 0.29) is 15.2 Å². The summed E-state index contributed by atoms with van der Waals surface area (Å²) in [4.78, 5) is -0.659. The van der Waals surface area contributed by atoms with Crippen LogP contribution in [0.15, 0.2) is 15.4 Å². The van der Waals surface area contributed by atoms with Gasteiger partial charge in [0.2, 0.25) is 10.0 Å². The molecule has 1 rings (SSSR count). The van der Waals surface area contributed by atoms with Crippen molar-refractivity contribution >= 4 is 43.2 Å². The maximum Gasteiger partial charge on any atom is 0.243 e. The smallest absolute Gasteiger partial charge is 0.243 e. The summed E-state index contributed by atoms with van der Waals surface area (Å²) in [6.45, 7) is 1.01. The number of benzene rings is 1. The summed E-state index contributed by atoms with van der Waals surface area (Å²) in [7, 11) is -4.13. The number of rotatable bonds is 4. The summed E-state index contributed by atoms with van der Waals surface area (Å²) in [5.74, 6) is -1.09. The first-order valence-electron chi connectivity index (χ1n) is 4.77. The highest BCUT2D eigenvalue weighted by molar-refractivity contribution is 9.10. The van der Waals surface area contributed by atoms with E-state index in [1.807, 2.05) is 0 Å². The van der Waals surface area contributed by atoms with Crippen molar-refractivity contribution in [2.24, 2.45) is 0 Å². The van der Waals surface area contributed by atoms with Gasteiger partial charge in [-0.3, -0.25) is 0 Å². The summed E-state index contributed by atoms with van der Waals surface area (Å²) < 4.78 is 39.7. The maximum absolute atomic E-state index is 13.8. The predicted octanol–water partition coefficient (Wildman–Crippen LogP) is 1.48. The molecule has 0 aliphatic carbocycles. The number of anilines is 1. The Morgan fingerprint density at radius 2 is 2.22 bits per heavy atom. The lowest BCUT2D eigenvalue weighted by atomic mass is 10.3. The Balaban J connectivity index is 3.34.